The number of benzene rings is 2. The molecule has 0 atom stereocenters. The van der Waals surface area contributed by atoms with E-state index >= 15 is 0 Å². The zero-order valence-electron chi connectivity index (χ0n) is 12.4. The minimum absolute atomic E-state index is 0.0506. The van der Waals surface area contributed by atoms with Crippen molar-refractivity contribution in [1.29, 1.82) is 5.26 Å². The van der Waals surface area contributed by atoms with Crippen LogP contribution in [0.25, 0.3) is 6.08 Å². The highest BCUT2D eigenvalue weighted by Crippen LogP contribution is 2.27. The van der Waals surface area contributed by atoms with E-state index < -0.39 is 0 Å². The maximum absolute atomic E-state index is 12.3. The standard InChI is InChI=1S/C18H15NO3/c1-21-16-9-8-14(17(11-16)22-2)10-15(12-19)18(20)13-6-4-3-5-7-13/h3-11H,1-2H3/b15-10+. The summed E-state index contributed by atoms with van der Waals surface area (Å²) >= 11 is 0. The second-order valence-electron chi connectivity index (χ2n) is 4.47. The number of carbonyl (C=O) groups is 1. The Kier molecular flexibility index (Phi) is 4.94. The molecule has 0 aliphatic heterocycles. The summed E-state index contributed by atoms with van der Waals surface area (Å²) in [7, 11) is 3.08. The van der Waals surface area contributed by atoms with Gasteiger partial charge in [-0.3, -0.25) is 4.79 Å². The van der Waals surface area contributed by atoms with Crippen LogP contribution in [-0.4, -0.2) is 20.0 Å². The van der Waals surface area contributed by atoms with Crippen LogP contribution in [0.4, 0.5) is 0 Å². The second kappa shape index (κ2) is 7.09. The fourth-order valence-corrected chi connectivity index (χ4v) is 1.99. The van der Waals surface area contributed by atoms with E-state index in [0.29, 0.717) is 22.6 Å². The summed E-state index contributed by atoms with van der Waals surface area (Å²) in [6.07, 6.45) is 1.52. The van der Waals surface area contributed by atoms with Gasteiger partial charge in [0, 0.05) is 17.2 Å². The SMILES string of the molecule is COc1ccc(/C=C(\C#N)C(=O)c2ccccc2)c(OC)c1. The van der Waals surface area contributed by atoms with E-state index in [9.17, 15) is 10.1 Å². The highest BCUT2D eigenvalue weighted by molar-refractivity contribution is 6.14. The van der Waals surface area contributed by atoms with Gasteiger partial charge in [0.2, 0.25) is 5.78 Å². The number of hydrogen-bond donors (Lipinski definition) is 0. The third kappa shape index (κ3) is 3.33. The normalized spacial score (nSPS) is 10.7. The molecule has 0 heterocycles. The van der Waals surface area contributed by atoms with E-state index in [0.717, 1.165) is 0 Å². The Morgan fingerprint density at radius 1 is 1.09 bits per heavy atom. The minimum Gasteiger partial charge on any atom is -0.497 e. The Hall–Kier alpha value is -3.06. The summed E-state index contributed by atoms with van der Waals surface area (Å²) in [5, 5.41) is 9.28. The van der Waals surface area contributed by atoms with E-state index in [1.165, 1.54) is 13.2 Å². The monoisotopic (exact) mass is 293 g/mol. The number of nitrogens with zero attached hydrogens (tertiary/aromatic N) is 1. The van der Waals surface area contributed by atoms with Gasteiger partial charge in [-0.1, -0.05) is 30.3 Å². The topological polar surface area (TPSA) is 59.3 Å². The van der Waals surface area contributed by atoms with Crippen LogP contribution >= 0.6 is 0 Å². The highest BCUT2D eigenvalue weighted by atomic mass is 16.5. The molecule has 4 nitrogen and oxygen atoms in total. The molecule has 0 unspecified atom stereocenters. The van der Waals surface area contributed by atoms with Crippen molar-refractivity contribution in [1.82, 2.24) is 0 Å². The first-order valence-corrected chi connectivity index (χ1v) is 6.63. The van der Waals surface area contributed by atoms with Gasteiger partial charge in [-0.2, -0.15) is 5.26 Å². The average Bonchev–Trinajstić information content (AvgIpc) is 2.59. The summed E-state index contributed by atoms with van der Waals surface area (Å²) in [5.41, 5.74) is 1.17. The van der Waals surface area contributed by atoms with Crippen LogP contribution in [-0.2, 0) is 0 Å². The molecule has 0 N–H and O–H groups in total. The molecule has 2 aromatic carbocycles. The molecule has 2 rings (SSSR count). The van der Waals surface area contributed by atoms with E-state index in [1.807, 2.05) is 12.1 Å². The number of nitriles is 1. The molecule has 22 heavy (non-hydrogen) atoms. The Morgan fingerprint density at radius 3 is 2.41 bits per heavy atom. The molecular formula is C18H15NO3. The van der Waals surface area contributed by atoms with Crippen LogP contribution in [0.3, 0.4) is 0 Å². The number of methoxy groups -OCH3 is 2. The molecule has 0 amide bonds. The summed E-state index contributed by atoms with van der Waals surface area (Å²) in [6, 6.07) is 15.8. The lowest BCUT2D eigenvalue weighted by atomic mass is 10.0. The highest BCUT2D eigenvalue weighted by Gasteiger charge is 2.13. The number of ether oxygens (including phenoxy) is 2. The van der Waals surface area contributed by atoms with Gasteiger partial charge in [-0.15, -0.1) is 0 Å². The number of allylic oxidation sites excluding steroid dienone is 1. The predicted octanol–water partition coefficient (Wildman–Crippen LogP) is 3.49. The molecule has 0 saturated heterocycles. The Bertz CT molecular complexity index is 743. The third-order valence-electron chi connectivity index (χ3n) is 3.14. The van der Waals surface area contributed by atoms with Crippen molar-refractivity contribution in [2.45, 2.75) is 0 Å². The van der Waals surface area contributed by atoms with Crippen molar-refractivity contribution in [2.24, 2.45) is 0 Å². The Balaban J connectivity index is 2.42. The number of carbonyl (C=O) groups excluding carboxylic acids is 1. The first kappa shape index (κ1) is 15.3. The first-order valence-electron chi connectivity index (χ1n) is 6.63. The van der Waals surface area contributed by atoms with Crippen LogP contribution < -0.4 is 9.47 Å². The lowest BCUT2D eigenvalue weighted by Gasteiger charge is -2.08. The van der Waals surface area contributed by atoms with Gasteiger partial charge in [-0.05, 0) is 18.2 Å². The first-order chi connectivity index (χ1) is 10.7. The van der Waals surface area contributed by atoms with Crippen molar-refractivity contribution in [3.05, 3.63) is 65.2 Å². The molecule has 0 bridgehead atoms. The average molecular weight is 293 g/mol. The summed E-state index contributed by atoms with van der Waals surface area (Å²) in [5.74, 6) is 0.857. The van der Waals surface area contributed by atoms with Gasteiger partial charge in [0.1, 0.15) is 23.1 Å². The van der Waals surface area contributed by atoms with Crippen molar-refractivity contribution in [3.63, 3.8) is 0 Å². The van der Waals surface area contributed by atoms with Crippen molar-refractivity contribution in [3.8, 4) is 17.6 Å². The molecule has 2 aromatic rings. The van der Waals surface area contributed by atoms with E-state index in [1.54, 1.807) is 49.6 Å². The molecule has 0 fully saturated rings. The zero-order chi connectivity index (χ0) is 15.9. The van der Waals surface area contributed by atoms with E-state index in [4.69, 9.17) is 9.47 Å². The maximum Gasteiger partial charge on any atom is 0.203 e. The van der Waals surface area contributed by atoms with Gasteiger partial charge in [0.05, 0.1) is 14.2 Å². The molecular weight excluding hydrogens is 278 g/mol. The summed E-state index contributed by atoms with van der Waals surface area (Å²) < 4.78 is 10.4. The Morgan fingerprint density at radius 2 is 1.82 bits per heavy atom. The fourth-order valence-electron chi connectivity index (χ4n) is 1.99. The number of hydrogen-bond acceptors (Lipinski definition) is 4. The van der Waals surface area contributed by atoms with Crippen molar-refractivity contribution < 1.29 is 14.3 Å². The predicted molar refractivity (Wildman–Crippen MR) is 83.9 cm³/mol. The summed E-state index contributed by atoms with van der Waals surface area (Å²) in [6.45, 7) is 0. The Labute approximate surface area is 129 Å². The summed E-state index contributed by atoms with van der Waals surface area (Å²) in [4.78, 5) is 12.3. The zero-order valence-corrected chi connectivity index (χ0v) is 12.4. The fraction of sp³-hybridized carbons (Fsp3) is 0.111. The van der Waals surface area contributed by atoms with Crippen LogP contribution in [0, 0.1) is 11.3 Å². The smallest absolute Gasteiger partial charge is 0.203 e. The second-order valence-corrected chi connectivity index (χ2v) is 4.47. The van der Waals surface area contributed by atoms with Crippen molar-refractivity contribution >= 4 is 11.9 Å². The quantitative estimate of drug-likeness (QED) is 0.481. The minimum atomic E-state index is -0.319. The lowest BCUT2D eigenvalue weighted by Crippen LogP contribution is -2.01. The molecule has 0 aromatic heterocycles. The maximum atomic E-state index is 12.3. The number of rotatable bonds is 5. The van der Waals surface area contributed by atoms with Gasteiger partial charge >= 0.3 is 0 Å². The molecule has 110 valence electrons. The molecule has 4 heteroatoms. The molecule has 0 radical (unpaired) electrons. The lowest BCUT2D eigenvalue weighted by molar-refractivity contribution is 0.104. The third-order valence-corrected chi connectivity index (χ3v) is 3.14. The van der Waals surface area contributed by atoms with Crippen LogP contribution in [0.2, 0.25) is 0 Å². The molecule has 0 saturated carbocycles. The number of ketones is 1. The largest absolute Gasteiger partial charge is 0.497 e. The van der Waals surface area contributed by atoms with Gasteiger partial charge in [-0.25, -0.2) is 0 Å². The molecule has 0 aliphatic carbocycles. The van der Waals surface area contributed by atoms with Crippen LogP contribution in [0.15, 0.2) is 54.1 Å². The van der Waals surface area contributed by atoms with Crippen molar-refractivity contribution in [2.75, 3.05) is 14.2 Å². The van der Waals surface area contributed by atoms with Gasteiger partial charge in [0.25, 0.3) is 0 Å². The number of Topliss-reactive ketones (excluding diaryl/α,β-unsaturated/α-hetero) is 1. The van der Waals surface area contributed by atoms with Gasteiger partial charge < -0.3 is 9.47 Å². The van der Waals surface area contributed by atoms with Gasteiger partial charge in [0.15, 0.2) is 0 Å². The van der Waals surface area contributed by atoms with E-state index in [2.05, 4.69) is 0 Å². The molecule has 0 aliphatic rings. The van der Waals surface area contributed by atoms with E-state index in [-0.39, 0.29) is 11.4 Å². The van der Waals surface area contributed by atoms with Crippen LogP contribution in [0.5, 0.6) is 11.5 Å². The van der Waals surface area contributed by atoms with Crippen LogP contribution in [0.1, 0.15) is 15.9 Å². The molecule has 0 spiro atoms.